The van der Waals surface area contributed by atoms with Crippen LogP contribution in [0, 0.1) is 30.6 Å². The van der Waals surface area contributed by atoms with Crippen molar-refractivity contribution in [3.63, 3.8) is 0 Å². The summed E-state index contributed by atoms with van der Waals surface area (Å²) in [7, 11) is 0. The Hall–Kier alpha value is -2.94. The van der Waals surface area contributed by atoms with Gasteiger partial charge < -0.3 is 26.0 Å². The van der Waals surface area contributed by atoms with Gasteiger partial charge in [0.15, 0.2) is 0 Å². The first-order chi connectivity index (χ1) is 18.8. The highest BCUT2D eigenvalue weighted by Crippen LogP contribution is 2.41. The van der Waals surface area contributed by atoms with Crippen LogP contribution in [0.25, 0.3) is 10.9 Å². The number of H-pyrrole nitrogens is 1. The lowest BCUT2D eigenvalue weighted by molar-refractivity contribution is -0.142. The number of anilines is 1. The number of alkyl halides is 1. The minimum atomic E-state index is -1.02. The number of fused-ring (bicyclic) bond motifs is 1. The minimum absolute atomic E-state index is 0.0451. The van der Waals surface area contributed by atoms with Crippen molar-refractivity contribution in [3.8, 4) is 0 Å². The zero-order valence-corrected chi connectivity index (χ0v) is 22.8. The van der Waals surface area contributed by atoms with Crippen LogP contribution in [0.2, 0.25) is 0 Å². The van der Waals surface area contributed by atoms with Crippen LogP contribution >= 0.6 is 0 Å². The Morgan fingerprint density at radius 1 is 1.10 bits per heavy atom. The summed E-state index contributed by atoms with van der Waals surface area (Å²) in [5.41, 5.74) is 7.98. The fourth-order valence-electron chi connectivity index (χ4n) is 7.44. The van der Waals surface area contributed by atoms with Crippen molar-refractivity contribution in [1.29, 1.82) is 0 Å². The second kappa shape index (κ2) is 11.7. The molecule has 2 amide bonds. The summed E-state index contributed by atoms with van der Waals surface area (Å²) >= 11 is 0. The maximum Gasteiger partial charge on any atom is 0.352 e. The third kappa shape index (κ3) is 5.55. The van der Waals surface area contributed by atoms with Crippen molar-refractivity contribution in [2.45, 2.75) is 83.2 Å². The van der Waals surface area contributed by atoms with E-state index in [-0.39, 0.29) is 35.3 Å². The number of carbonyl (C=O) groups excluding carboxylic acids is 2. The van der Waals surface area contributed by atoms with Gasteiger partial charge in [0, 0.05) is 35.1 Å². The summed E-state index contributed by atoms with van der Waals surface area (Å²) in [5.74, 6) is -0.633. The molecule has 5 rings (SSSR count). The monoisotopic (exact) mass is 540 g/mol. The first kappa shape index (κ1) is 27.6. The van der Waals surface area contributed by atoms with Crippen molar-refractivity contribution in [2.75, 3.05) is 18.5 Å². The summed E-state index contributed by atoms with van der Waals surface area (Å²) < 4.78 is 13.1. The Morgan fingerprint density at radius 2 is 1.82 bits per heavy atom. The van der Waals surface area contributed by atoms with E-state index in [4.69, 9.17) is 5.73 Å². The third-order valence-corrected chi connectivity index (χ3v) is 9.70. The van der Waals surface area contributed by atoms with Gasteiger partial charge in [-0.15, -0.1) is 0 Å². The number of benzene rings is 1. The number of carboxylic acids is 1. The quantitative estimate of drug-likeness (QED) is 0.392. The number of nitrogens with two attached hydrogens (primary N) is 1. The average molecular weight is 541 g/mol. The van der Waals surface area contributed by atoms with Crippen LogP contribution in [-0.2, 0) is 9.59 Å². The molecule has 5 N–H and O–H groups in total. The van der Waals surface area contributed by atoms with E-state index in [1.54, 1.807) is 25.1 Å². The first-order valence-corrected chi connectivity index (χ1v) is 14.6. The number of carbonyl (C=O) groups is 3. The van der Waals surface area contributed by atoms with Crippen molar-refractivity contribution in [3.05, 3.63) is 29.5 Å². The molecular formula is C30H41FN4O4. The van der Waals surface area contributed by atoms with Crippen LogP contribution < -0.4 is 11.1 Å². The summed E-state index contributed by atoms with van der Waals surface area (Å²) in [6.07, 6.45) is 9.42. The molecule has 1 aliphatic heterocycles. The second-order valence-corrected chi connectivity index (χ2v) is 11.9. The highest BCUT2D eigenvalue weighted by molar-refractivity contribution is 6.02. The van der Waals surface area contributed by atoms with Gasteiger partial charge in [0.2, 0.25) is 11.8 Å². The van der Waals surface area contributed by atoms with E-state index in [9.17, 15) is 23.9 Å². The van der Waals surface area contributed by atoms with Crippen molar-refractivity contribution in [1.82, 2.24) is 9.88 Å². The number of aryl methyl sites for hydroxylation is 1. The van der Waals surface area contributed by atoms with Gasteiger partial charge in [0.05, 0.1) is 0 Å². The highest BCUT2D eigenvalue weighted by atomic mass is 19.1. The zero-order valence-electron chi connectivity index (χ0n) is 22.8. The van der Waals surface area contributed by atoms with Gasteiger partial charge in [-0.3, -0.25) is 9.59 Å². The minimum Gasteiger partial charge on any atom is -0.477 e. The summed E-state index contributed by atoms with van der Waals surface area (Å²) in [4.78, 5) is 44.0. The third-order valence-electron chi connectivity index (χ3n) is 9.70. The lowest BCUT2D eigenvalue weighted by Crippen LogP contribution is -2.50. The lowest BCUT2D eigenvalue weighted by Gasteiger charge is -2.36. The smallest absolute Gasteiger partial charge is 0.352 e. The maximum atomic E-state index is 13.9. The molecule has 212 valence electrons. The molecule has 0 spiro atoms. The molecule has 3 aliphatic rings. The molecule has 3 fully saturated rings. The zero-order chi connectivity index (χ0) is 27.7. The fraction of sp³-hybridized carbons (Fsp3) is 0.633. The molecular weight excluding hydrogens is 499 g/mol. The van der Waals surface area contributed by atoms with Crippen LogP contribution in [0.3, 0.4) is 0 Å². The van der Waals surface area contributed by atoms with E-state index in [0.29, 0.717) is 42.1 Å². The standard InChI is InChI=1S/C30H41FN4O4/c1-17-23-15-21(11-12-25(23)34-26(17)30(38)39)33-28(36)27-22(18-5-3-2-4-6-18)13-14-35(27)29(37)20-9-7-19(8-10-20)24(32)16-31/h11-12,15,18-20,22,24,27,34H,2-10,13-14,16,32H2,1H3,(H,33,36)(H,38,39). The maximum absolute atomic E-state index is 13.9. The molecule has 1 saturated heterocycles. The molecule has 9 heteroatoms. The molecule has 3 unspecified atom stereocenters. The van der Waals surface area contributed by atoms with Crippen LogP contribution in [0.1, 0.15) is 80.3 Å². The van der Waals surface area contributed by atoms with Gasteiger partial charge in [-0.25, -0.2) is 9.18 Å². The summed E-state index contributed by atoms with van der Waals surface area (Å²) in [6.45, 7) is 1.80. The molecule has 1 aromatic heterocycles. The van der Waals surface area contributed by atoms with Gasteiger partial charge >= 0.3 is 5.97 Å². The number of rotatable bonds is 7. The lowest BCUT2D eigenvalue weighted by atomic mass is 9.76. The molecule has 2 aromatic rings. The van der Waals surface area contributed by atoms with E-state index in [1.165, 1.54) is 6.42 Å². The second-order valence-electron chi connectivity index (χ2n) is 11.9. The number of aromatic amines is 1. The van der Waals surface area contributed by atoms with E-state index in [2.05, 4.69) is 10.3 Å². The number of nitrogens with zero attached hydrogens (tertiary/aromatic N) is 1. The number of carboxylic acid groups (broad SMARTS) is 1. The van der Waals surface area contributed by atoms with E-state index >= 15 is 0 Å². The van der Waals surface area contributed by atoms with Gasteiger partial charge in [-0.2, -0.15) is 0 Å². The number of hydrogen-bond acceptors (Lipinski definition) is 4. The largest absolute Gasteiger partial charge is 0.477 e. The number of aromatic nitrogens is 1. The number of hydrogen-bond donors (Lipinski definition) is 4. The molecule has 0 radical (unpaired) electrons. The predicted molar refractivity (Wildman–Crippen MR) is 148 cm³/mol. The van der Waals surface area contributed by atoms with Crippen LogP contribution in [-0.4, -0.2) is 58.1 Å². The number of amides is 2. The molecule has 0 bridgehead atoms. The summed E-state index contributed by atoms with van der Waals surface area (Å²) in [5, 5.41) is 13.3. The Balaban J connectivity index is 1.36. The Morgan fingerprint density at radius 3 is 2.49 bits per heavy atom. The molecule has 39 heavy (non-hydrogen) atoms. The number of halogens is 1. The Kier molecular flexibility index (Phi) is 8.26. The molecule has 8 nitrogen and oxygen atoms in total. The first-order valence-electron chi connectivity index (χ1n) is 14.6. The van der Waals surface area contributed by atoms with Crippen molar-refractivity contribution >= 4 is 34.4 Å². The Labute approximate surface area is 228 Å². The SMILES string of the molecule is Cc1c(C(=O)O)[nH]c2ccc(NC(=O)C3C(C4CCCCC4)CCN3C(=O)C3CCC(C(N)CF)CC3)cc12. The topological polar surface area (TPSA) is 129 Å². The summed E-state index contributed by atoms with van der Waals surface area (Å²) in [6, 6.07) is 4.37. The predicted octanol–water partition coefficient (Wildman–Crippen LogP) is 5.01. The molecule has 1 aromatic carbocycles. The van der Waals surface area contributed by atoms with Crippen LogP contribution in [0.15, 0.2) is 18.2 Å². The highest BCUT2D eigenvalue weighted by Gasteiger charge is 2.47. The normalized spacial score (nSPS) is 27.0. The molecule has 2 saturated carbocycles. The fourth-order valence-corrected chi connectivity index (χ4v) is 7.44. The van der Waals surface area contributed by atoms with Crippen LogP contribution in [0.5, 0.6) is 0 Å². The molecule has 2 heterocycles. The number of nitrogens with one attached hydrogen (secondary N) is 2. The van der Waals surface area contributed by atoms with E-state index in [1.807, 2.05) is 4.90 Å². The van der Waals surface area contributed by atoms with Gasteiger partial charge in [-0.1, -0.05) is 32.1 Å². The van der Waals surface area contributed by atoms with Crippen LogP contribution in [0.4, 0.5) is 10.1 Å². The molecule has 2 aliphatic carbocycles. The Bertz CT molecular complexity index is 1220. The van der Waals surface area contributed by atoms with Gasteiger partial charge in [0.25, 0.3) is 0 Å². The van der Waals surface area contributed by atoms with Crippen molar-refractivity contribution < 1.29 is 23.9 Å². The number of likely N-dealkylation sites (tertiary alicyclic amines) is 1. The number of aromatic carboxylic acids is 1. The van der Waals surface area contributed by atoms with Crippen molar-refractivity contribution in [2.24, 2.45) is 29.4 Å². The van der Waals surface area contributed by atoms with Gasteiger partial charge in [0.1, 0.15) is 18.4 Å². The van der Waals surface area contributed by atoms with E-state index in [0.717, 1.165) is 50.3 Å². The van der Waals surface area contributed by atoms with E-state index < -0.39 is 24.7 Å². The average Bonchev–Trinajstić information content (AvgIpc) is 3.54. The molecule has 3 atom stereocenters. The van der Waals surface area contributed by atoms with Gasteiger partial charge in [-0.05, 0) is 80.5 Å².